The molecule has 7 heteroatoms. The molecule has 1 atom stereocenters. The summed E-state index contributed by atoms with van der Waals surface area (Å²) in [6, 6.07) is 4.37. The Bertz CT molecular complexity index is 639. The summed E-state index contributed by atoms with van der Waals surface area (Å²) in [6.45, 7) is 8.02. The van der Waals surface area contributed by atoms with Gasteiger partial charge in [0.15, 0.2) is 0 Å². The smallest absolute Gasteiger partial charge is 0.344 e. The van der Waals surface area contributed by atoms with Crippen molar-refractivity contribution in [3.63, 3.8) is 0 Å². The van der Waals surface area contributed by atoms with Crippen LogP contribution < -0.4 is 5.32 Å². The SMILES string of the molecule is COC(=O)c1cc(NC2CC(C)(C)OC2(C)C)ccc1[N+](=O)[O-]. The molecule has 1 saturated heterocycles. The maximum atomic E-state index is 11.8. The third-order valence-electron chi connectivity index (χ3n) is 4.01. The zero-order valence-corrected chi connectivity index (χ0v) is 14.0. The molecule has 23 heavy (non-hydrogen) atoms. The number of nitrogens with zero attached hydrogens (tertiary/aromatic N) is 1. The Balaban J connectivity index is 2.31. The summed E-state index contributed by atoms with van der Waals surface area (Å²) >= 11 is 0. The predicted octanol–water partition coefficient (Wildman–Crippen LogP) is 3.14. The van der Waals surface area contributed by atoms with Gasteiger partial charge in [-0.2, -0.15) is 0 Å². The quantitative estimate of drug-likeness (QED) is 0.520. The number of carbonyl (C=O) groups is 1. The van der Waals surface area contributed by atoms with Gasteiger partial charge in [-0.1, -0.05) is 0 Å². The number of carbonyl (C=O) groups excluding carboxylic acids is 1. The average molecular weight is 322 g/mol. The van der Waals surface area contributed by atoms with E-state index >= 15 is 0 Å². The second-order valence-electron chi connectivity index (χ2n) is 6.85. The first kappa shape index (κ1) is 17.2. The molecule has 0 radical (unpaired) electrons. The van der Waals surface area contributed by atoms with Gasteiger partial charge in [0.1, 0.15) is 5.56 Å². The van der Waals surface area contributed by atoms with E-state index in [4.69, 9.17) is 4.74 Å². The van der Waals surface area contributed by atoms with E-state index in [0.29, 0.717) is 5.69 Å². The van der Waals surface area contributed by atoms with Crippen molar-refractivity contribution >= 4 is 17.3 Å². The normalized spacial score (nSPS) is 21.7. The summed E-state index contributed by atoms with van der Waals surface area (Å²) in [5.74, 6) is -0.734. The Morgan fingerprint density at radius 1 is 1.39 bits per heavy atom. The Labute approximate surface area is 135 Å². The van der Waals surface area contributed by atoms with Gasteiger partial charge in [-0.25, -0.2) is 4.79 Å². The van der Waals surface area contributed by atoms with Gasteiger partial charge in [-0.3, -0.25) is 10.1 Å². The van der Waals surface area contributed by atoms with Crippen molar-refractivity contribution in [2.45, 2.75) is 51.4 Å². The van der Waals surface area contributed by atoms with Crippen molar-refractivity contribution < 1.29 is 19.2 Å². The van der Waals surface area contributed by atoms with Crippen LogP contribution in [0.2, 0.25) is 0 Å². The highest BCUT2D eigenvalue weighted by atomic mass is 16.6. The minimum atomic E-state index is -0.734. The first-order valence-corrected chi connectivity index (χ1v) is 7.39. The number of nitro benzene ring substituents is 1. The summed E-state index contributed by atoms with van der Waals surface area (Å²) in [4.78, 5) is 22.2. The fourth-order valence-corrected chi connectivity index (χ4v) is 3.05. The Morgan fingerprint density at radius 3 is 2.52 bits per heavy atom. The molecule has 1 aliphatic heterocycles. The standard InChI is InChI=1S/C16H22N2O5/c1-15(2)9-13(16(3,4)23-15)17-10-6-7-12(18(20)21)11(8-10)14(19)22-5/h6-8,13,17H,9H2,1-5H3. The van der Waals surface area contributed by atoms with Crippen molar-refractivity contribution in [2.75, 3.05) is 12.4 Å². The monoisotopic (exact) mass is 322 g/mol. The van der Waals surface area contributed by atoms with E-state index in [9.17, 15) is 14.9 Å². The highest BCUT2D eigenvalue weighted by Crippen LogP contribution is 2.39. The molecule has 0 aromatic heterocycles. The zero-order valence-electron chi connectivity index (χ0n) is 14.0. The number of hydrogen-bond donors (Lipinski definition) is 1. The number of nitro groups is 1. The first-order chi connectivity index (χ1) is 10.6. The highest BCUT2D eigenvalue weighted by Gasteiger charge is 2.45. The first-order valence-electron chi connectivity index (χ1n) is 7.39. The fourth-order valence-electron chi connectivity index (χ4n) is 3.05. The molecule has 1 aromatic rings. The van der Waals surface area contributed by atoms with Gasteiger partial charge >= 0.3 is 5.97 Å². The van der Waals surface area contributed by atoms with Crippen LogP contribution in [-0.2, 0) is 9.47 Å². The summed E-state index contributed by atoms with van der Waals surface area (Å²) in [5.41, 5.74) is -0.373. The van der Waals surface area contributed by atoms with Gasteiger partial charge < -0.3 is 14.8 Å². The van der Waals surface area contributed by atoms with Crippen LogP contribution in [0.15, 0.2) is 18.2 Å². The largest absolute Gasteiger partial charge is 0.465 e. The van der Waals surface area contributed by atoms with E-state index in [2.05, 4.69) is 10.1 Å². The molecule has 0 aliphatic carbocycles. The van der Waals surface area contributed by atoms with Gasteiger partial charge in [0, 0.05) is 11.8 Å². The molecule has 0 spiro atoms. The summed E-state index contributed by atoms with van der Waals surface area (Å²) in [7, 11) is 1.20. The molecule has 126 valence electrons. The maximum Gasteiger partial charge on any atom is 0.344 e. The van der Waals surface area contributed by atoms with Gasteiger partial charge in [-0.15, -0.1) is 0 Å². The molecular weight excluding hydrogens is 300 g/mol. The molecule has 0 bridgehead atoms. The number of nitrogens with one attached hydrogen (secondary N) is 1. The molecule has 1 fully saturated rings. The topological polar surface area (TPSA) is 90.7 Å². The summed E-state index contributed by atoms with van der Waals surface area (Å²) < 4.78 is 10.6. The lowest BCUT2D eigenvalue weighted by Crippen LogP contribution is -2.38. The van der Waals surface area contributed by atoms with Gasteiger partial charge in [0.2, 0.25) is 0 Å². The van der Waals surface area contributed by atoms with Crippen LogP contribution in [0.5, 0.6) is 0 Å². The lowest BCUT2D eigenvalue weighted by Gasteiger charge is -2.28. The number of rotatable bonds is 4. The number of methoxy groups -OCH3 is 1. The lowest BCUT2D eigenvalue weighted by molar-refractivity contribution is -0.385. The van der Waals surface area contributed by atoms with Gasteiger partial charge in [0.25, 0.3) is 5.69 Å². The summed E-state index contributed by atoms with van der Waals surface area (Å²) in [5, 5.41) is 14.4. The van der Waals surface area contributed by atoms with Crippen molar-refractivity contribution in [3.8, 4) is 0 Å². The van der Waals surface area contributed by atoms with Crippen LogP contribution in [-0.4, -0.2) is 35.2 Å². The van der Waals surface area contributed by atoms with Gasteiger partial charge in [0.05, 0.1) is 29.3 Å². The zero-order chi connectivity index (χ0) is 17.4. The molecule has 1 aromatic carbocycles. The highest BCUT2D eigenvalue weighted by molar-refractivity contribution is 5.95. The minimum Gasteiger partial charge on any atom is -0.465 e. The molecule has 1 N–H and O–H groups in total. The molecule has 7 nitrogen and oxygen atoms in total. The van der Waals surface area contributed by atoms with Crippen LogP contribution in [0.4, 0.5) is 11.4 Å². The number of esters is 1. The Morgan fingerprint density at radius 2 is 2.04 bits per heavy atom. The van der Waals surface area contributed by atoms with Crippen LogP contribution >= 0.6 is 0 Å². The van der Waals surface area contributed by atoms with Crippen LogP contribution in [0, 0.1) is 10.1 Å². The minimum absolute atomic E-state index is 0.0180. The molecule has 0 saturated carbocycles. The van der Waals surface area contributed by atoms with Crippen LogP contribution in [0.3, 0.4) is 0 Å². The van der Waals surface area contributed by atoms with Crippen molar-refractivity contribution in [1.82, 2.24) is 0 Å². The van der Waals surface area contributed by atoms with Crippen LogP contribution in [0.25, 0.3) is 0 Å². The van der Waals surface area contributed by atoms with E-state index in [0.717, 1.165) is 6.42 Å². The maximum absolute atomic E-state index is 11.8. The molecule has 1 heterocycles. The second-order valence-corrected chi connectivity index (χ2v) is 6.85. The lowest BCUT2D eigenvalue weighted by atomic mass is 9.94. The predicted molar refractivity (Wildman–Crippen MR) is 85.7 cm³/mol. The van der Waals surface area contributed by atoms with Crippen molar-refractivity contribution in [1.29, 1.82) is 0 Å². The average Bonchev–Trinajstić information content (AvgIpc) is 2.64. The number of benzene rings is 1. The molecule has 2 rings (SSSR count). The molecule has 0 amide bonds. The second kappa shape index (κ2) is 5.81. The fraction of sp³-hybridized carbons (Fsp3) is 0.562. The van der Waals surface area contributed by atoms with Crippen molar-refractivity contribution in [3.05, 3.63) is 33.9 Å². The van der Waals surface area contributed by atoms with E-state index in [-0.39, 0.29) is 22.9 Å². The van der Waals surface area contributed by atoms with E-state index in [1.165, 1.54) is 19.2 Å². The van der Waals surface area contributed by atoms with Gasteiger partial charge in [-0.05, 0) is 46.2 Å². The third-order valence-corrected chi connectivity index (χ3v) is 4.01. The summed E-state index contributed by atoms with van der Waals surface area (Å²) in [6.07, 6.45) is 0.782. The Hall–Kier alpha value is -2.15. The van der Waals surface area contributed by atoms with Crippen LogP contribution in [0.1, 0.15) is 44.5 Å². The number of anilines is 1. The Kier molecular flexibility index (Phi) is 4.34. The molecule has 1 aliphatic rings. The van der Waals surface area contributed by atoms with E-state index in [1.54, 1.807) is 6.07 Å². The number of hydrogen-bond acceptors (Lipinski definition) is 6. The molecular formula is C16H22N2O5. The number of ether oxygens (including phenoxy) is 2. The van der Waals surface area contributed by atoms with E-state index in [1.807, 2.05) is 27.7 Å². The molecule has 1 unspecified atom stereocenters. The van der Waals surface area contributed by atoms with Crippen molar-refractivity contribution in [2.24, 2.45) is 0 Å². The third kappa shape index (κ3) is 3.61. The van der Waals surface area contributed by atoms with E-state index < -0.39 is 16.5 Å².